The predicted molar refractivity (Wildman–Crippen MR) is 68.3 cm³/mol. The van der Waals surface area contributed by atoms with Crippen LogP contribution in [0.5, 0.6) is 5.75 Å². The first-order chi connectivity index (χ1) is 9.61. The van der Waals surface area contributed by atoms with E-state index in [1.165, 1.54) is 28.9 Å². The van der Waals surface area contributed by atoms with E-state index in [2.05, 4.69) is 10.3 Å². The third-order valence-electron chi connectivity index (χ3n) is 2.76. The van der Waals surface area contributed by atoms with Crippen molar-refractivity contribution in [3.63, 3.8) is 0 Å². The zero-order valence-corrected chi connectivity index (χ0v) is 10.9. The van der Waals surface area contributed by atoms with Crippen molar-refractivity contribution in [3.8, 4) is 5.75 Å². The number of aromatic carboxylic acids is 1. The van der Waals surface area contributed by atoms with Gasteiger partial charge in [-0.05, 0) is 30.7 Å². The summed E-state index contributed by atoms with van der Waals surface area (Å²) < 4.78 is 19.7. The lowest BCUT2D eigenvalue weighted by molar-refractivity contribution is 0.0689. The van der Waals surface area contributed by atoms with Crippen LogP contribution in [0.3, 0.4) is 0 Å². The van der Waals surface area contributed by atoms with E-state index in [0.717, 1.165) is 0 Å². The number of hydrogen-bond acceptors (Lipinski definition) is 4. The monoisotopic (exact) mass is 279 g/mol. The number of hydrogen-bond donors (Lipinski definition) is 1. The molecule has 106 valence electrons. The molecule has 0 saturated heterocycles. The zero-order chi connectivity index (χ0) is 14.5. The van der Waals surface area contributed by atoms with Crippen molar-refractivity contribution < 1.29 is 19.0 Å². The smallest absolute Gasteiger partial charge is 0.358 e. The Morgan fingerprint density at radius 2 is 2.10 bits per heavy atom. The zero-order valence-electron chi connectivity index (χ0n) is 10.9. The summed E-state index contributed by atoms with van der Waals surface area (Å²) in [4.78, 5) is 10.9. The molecule has 1 aromatic carbocycles. The fourth-order valence-corrected chi connectivity index (χ4v) is 1.81. The molecule has 7 heteroatoms. The van der Waals surface area contributed by atoms with E-state index in [4.69, 9.17) is 9.84 Å². The Morgan fingerprint density at radius 3 is 2.70 bits per heavy atom. The van der Waals surface area contributed by atoms with E-state index < -0.39 is 5.97 Å². The second kappa shape index (κ2) is 6.14. The van der Waals surface area contributed by atoms with Gasteiger partial charge in [0.1, 0.15) is 18.2 Å². The molecule has 0 spiro atoms. The average molecular weight is 279 g/mol. The van der Waals surface area contributed by atoms with Crippen molar-refractivity contribution in [2.75, 3.05) is 6.61 Å². The topological polar surface area (TPSA) is 77.2 Å². The quantitative estimate of drug-likeness (QED) is 0.871. The van der Waals surface area contributed by atoms with Gasteiger partial charge < -0.3 is 9.84 Å². The number of carboxylic acids is 1. The molecule has 0 saturated carbocycles. The van der Waals surface area contributed by atoms with Crippen LogP contribution in [0.1, 0.15) is 23.1 Å². The first-order valence-corrected chi connectivity index (χ1v) is 6.15. The Labute approximate surface area is 114 Å². The van der Waals surface area contributed by atoms with Crippen LogP contribution in [0.2, 0.25) is 0 Å². The van der Waals surface area contributed by atoms with Gasteiger partial charge in [0.25, 0.3) is 0 Å². The summed E-state index contributed by atoms with van der Waals surface area (Å²) >= 11 is 0. The third kappa shape index (κ3) is 3.11. The number of rotatable bonds is 6. The summed E-state index contributed by atoms with van der Waals surface area (Å²) in [5, 5.41) is 16.4. The van der Waals surface area contributed by atoms with E-state index in [9.17, 15) is 9.18 Å². The van der Waals surface area contributed by atoms with Crippen molar-refractivity contribution in [1.29, 1.82) is 0 Å². The van der Waals surface area contributed by atoms with Gasteiger partial charge in [-0.1, -0.05) is 12.1 Å². The van der Waals surface area contributed by atoms with E-state index in [0.29, 0.717) is 31.0 Å². The molecular formula is C13H14FN3O3. The van der Waals surface area contributed by atoms with Gasteiger partial charge in [0.05, 0.1) is 12.2 Å². The highest BCUT2D eigenvalue weighted by Gasteiger charge is 2.16. The highest BCUT2D eigenvalue weighted by Crippen LogP contribution is 2.11. The van der Waals surface area contributed by atoms with Crippen molar-refractivity contribution in [2.24, 2.45) is 0 Å². The number of carbonyl (C=O) groups is 1. The van der Waals surface area contributed by atoms with Gasteiger partial charge in [-0.2, -0.15) is 0 Å². The summed E-state index contributed by atoms with van der Waals surface area (Å²) in [5.74, 6) is -0.872. The van der Waals surface area contributed by atoms with Crippen LogP contribution in [-0.4, -0.2) is 32.7 Å². The standard InChI is InChI=1S/C13H14FN3O3/c1-2-11-12(13(18)19)15-16-17(11)7-8-20-10-5-3-9(14)4-6-10/h3-6H,2,7-8H2,1H3,(H,18,19). The average Bonchev–Trinajstić information content (AvgIpc) is 2.84. The first kappa shape index (κ1) is 14.0. The molecule has 0 fully saturated rings. The summed E-state index contributed by atoms with van der Waals surface area (Å²) in [7, 11) is 0. The number of aromatic nitrogens is 3. The van der Waals surface area contributed by atoms with Gasteiger partial charge in [0, 0.05) is 0 Å². The molecule has 1 heterocycles. The van der Waals surface area contributed by atoms with Crippen LogP contribution in [0.25, 0.3) is 0 Å². The lowest BCUT2D eigenvalue weighted by Gasteiger charge is -2.07. The minimum absolute atomic E-state index is 0.0331. The molecule has 0 bridgehead atoms. The van der Waals surface area contributed by atoms with Crippen molar-refractivity contribution >= 4 is 5.97 Å². The third-order valence-corrected chi connectivity index (χ3v) is 2.76. The highest BCUT2D eigenvalue weighted by molar-refractivity contribution is 5.86. The van der Waals surface area contributed by atoms with Crippen LogP contribution < -0.4 is 4.74 Å². The van der Waals surface area contributed by atoms with Gasteiger partial charge in [-0.3, -0.25) is 0 Å². The second-order valence-electron chi connectivity index (χ2n) is 4.07. The molecule has 1 N–H and O–H groups in total. The fourth-order valence-electron chi connectivity index (χ4n) is 1.81. The lowest BCUT2D eigenvalue weighted by atomic mass is 10.2. The molecule has 0 aliphatic rings. The van der Waals surface area contributed by atoms with Gasteiger partial charge in [0.15, 0.2) is 5.69 Å². The Bertz CT molecular complexity index is 595. The van der Waals surface area contributed by atoms with Crippen LogP contribution in [0, 0.1) is 5.82 Å². The lowest BCUT2D eigenvalue weighted by Crippen LogP contribution is -2.13. The molecular weight excluding hydrogens is 265 g/mol. The molecule has 0 aliphatic carbocycles. The minimum Gasteiger partial charge on any atom is -0.492 e. The highest BCUT2D eigenvalue weighted by atomic mass is 19.1. The second-order valence-corrected chi connectivity index (χ2v) is 4.07. The number of carboxylic acid groups (broad SMARTS) is 1. The summed E-state index contributed by atoms with van der Waals surface area (Å²) in [6.07, 6.45) is 0.519. The van der Waals surface area contributed by atoms with E-state index >= 15 is 0 Å². The van der Waals surface area contributed by atoms with Gasteiger partial charge >= 0.3 is 5.97 Å². The maximum absolute atomic E-state index is 12.7. The molecule has 2 rings (SSSR count). The van der Waals surface area contributed by atoms with Crippen LogP contribution >= 0.6 is 0 Å². The van der Waals surface area contributed by atoms with Crippen LogP contribution in [0.4, 0.5) is 4.39 Å². The Balaban J connectivity index is 1.97. The van der Waals surface area contributed by atoms with Gasteiger partial charge in [-0.15, -0.1) is 5.10 Å². The van der Waals surface area contributed by atoms with Gasteiger partial charge in [-0.25, -0.2) is 13.9 Å². The molecule has 0 unspecified atom stereocenters. The number of nitrogens with zero attached hydrogens (tertiary/aromatic N) is 3. The summed E-state index contributed by atoms with van der Waals surface area (Å²) in [6, 6.07) is 5.68. The Morgan fingerprint density at radius 1 is 1.40 bits per heavy atom. The van der Waals surface area contributed by atoms with E-state index in [1.54, 1.807) is 0 Å². The van der Waals surface area contributed by atoms with Crippen molar-refractivity contribution in [1.82, 2.24) is 15.0 Å². The van der Waals surface area contributed by atoms with E-state index in [-0.39, 0.29) is 11.5 Å². The van der Waals surface area contributed by atoms with Crippen LogP contribution in [-0.2, 0) is 13.0 Å². The molecule has 0 amide bonds. The maximum atomic E-state index is 12.7. The first-order valence-electron chi connectivity index (χ1n) is 6.15. The normalized spacial score (nSPS) is 10.5. The van der Waals surface area contributed by atoms with Gasteiger partial charge in [0.2, 0.25) is 0 Å². The molecule has 0 aliphatic heterocycles. The van der Waals surface area contributed by atoms with Crippen molar-refractivity contribution in [3.05, 3.63) is 41.5 Å². The van der Waals surface area contributed by atoms with Crippen LogP contribution in [0.15, 0.2) is 24.3 Å². The minimum atomic E-state index is -1.09. The molecule has 1 aromatic heterocycles. The Kier molecular flexibility index (Phi) is 4.29. The van der Waals surface area contributed by atoms with E-state index in [1.807, 2.05) is 6.92 Å². The number of ether oxygens (including phenoxy) is 1. The molecule has 0 atom stereocenters. The maximum Gasteiger partial charge on any atom is 0.358 e. The largest absolute Gasteiger partial charge is 0.492 e. The number of halogens is 1. The molecule has 6 nitrogen and oxygen atoms in total. The predicted octanol–water partition coefficient (Wildman–Crippen LogP) is 1.76. The molecule has 20 heavy (non-hydrogen) atoms. The SMILES string of the molecule is CCc1c(C(=O)O)nnn1CCOc1ccc(F)cc1. The van der Waals surface area contributed by atoms with Crippen molar-refractivity contribution in [2.45, 2.75) is 19.9 Å². The molecule has 2 aromatic rings. The fraction of sp³-hybridized carbons (Fsp3) is 0.308. The summed E-state index contributed by atoms with van der Waals surface area (Å²) in [5.41, 5.74) is 0.523. The molecule has 0 radical (unpaired) electrons. The summed E-state index contributed by atoms with van der Waals surface area (Å²) in [6.45, 7) is 2.50. The Hall–Kier alpha value is -2.44. The number of benzene rings is 1.